The molecule has 346 valence electrons. The molecule has 0 aliphatic rings. The Hall–Kier alpha value is -0.910. The van der Waals surface area contributed by atoms with Gasteiger partial charge < -0.3 is 20.6 Å². The zero-order valence-corrected chi connectivity index (χ0v) is 39.5. The maximum Gasteiger partial charge on any atom is 0.249 e. The summed E-state index contributed by atoms with van der Waals surface area (Å²) in [6.07, 6.45) is 59.9. The topological polar surface area (TPSA) is 89.8 Å². The molecule has 0 rings (SSSR count). The summed E-state index contributed by atoms with van der Waals surface area (Å²) in [6, 6.07) is -0.794. The van der Waals surface area contributed by atoms with Crippen LogP contribution in [0.15, 0.2) is 12.2 Å². The number of aliphatic hydroxyl groups excluding tert-OH is 3. The van der Waals surface area contributed by atoms with Crippen LogP contribution in [0.2, 0.25) is 0 Å². The van der Waals surface area contributed by atoms with Crippen LogP contribution in [0.4, 0.5) is 0 Å². The second kappa shape index (κ2) is 48.8. The van der Waals surface area contributed by atoms with E-state index >= 15 is 0 Å². The molecule has 0 spiro atoms. The van der Waals surface area contributed by atoms with E-state index in [1.54, 1.807) is 6.08 Å². The lowest BCUT2D eigenvalue weighted by Gasteiger charge is -2.21. The smallest absolute Gasteiger partial charge is 0.249 e. The molecule has 0 radical (unpaired) electrons. The van der Waals surface area contributed by atoms with Gasteiger partial charge in [-0.25, -0.2) is 0 Å². The normalized spacial score (nSPS) is 13.4. The van der Waals surface area contributed by atoms with Crippen molar-refractivity contribution in [3.63, 3.8) is 0 Å². The van der Waals surface area contributed by atoms with Gasteiger partial charge in [-0.1, -0.05) is 289 Å². The molecular weight excluding hydrogens is 715 g/mol. The van der Waals surface area contributed by atoms with Gasteiger partial charge in [-0.15, -0.1) is 0 Å². The first-order valence-corrected chi connectivity index (χ1v) is 26.5. The van der Waals surface area contributed by atoms with Crippen molar-refractivity contribution < 1.29 is 20.1 Å². The highest BCUT2D eigenvalue weighted by molar-refractivity contribution is 5.80. The minimum absolute atomic E-state index is 0.358. The molecule has 3 atom stereocenters. The Labute approximate surface area is 363 Å². The second-order valence-corrected chi connectivity index (χ2v) is 18.5. The van der Waals surface area contributed by atoms with Crippen LogP contribution in [0.1, 0.15) is 296 Å². The van der Waals surface area contributed by atoms with Gasteiger partial charge in [0, 0.05) is 0 Å². The number of hydrogen-bond donors (Lipinski definition) is 4. The fourth-order valence-electron chi connectivity index (χ4n) is 8.48. The van der Waals surface area contributed by atoms with Crippen LogP contribution in [0, 0.1) is 0 Å². The first-order chi connectivity index (χ1) is 28.6. The molecule has 3 unspecified atom stereocenters. The summed E-state index contributed by atoms with van der Waals surface area (Å²) < 4.78 is 0. The quantitative estimate of drug-likeness (QED) is 0.0364. The third-order valence-corrected chi connectivity index (χ3v) is 12.6. The number of hydrogen-bond acceptors (Lipinski definition) is 4. The van der Waals surface area contributed by atoms with Gasteiger partial charge in [0.25, 0.3) is 0 Å². The van der Waals surface area contributed by atoms with Gasteiger partial charge in [-0.05, 0) is 19.3 Å². The third kappa shape index (κ3) is 43.2. The van der Waals surface area contributed by atoms with E-state index in [1.807, 2.05) is 6.08 Å². The molecule has 0 aromatic heterocycles. The third-order valence-electron chi connectivity index (χ3n) is 12.6. The number of allylic oxidation sites excluding steroid dienone is 1. The molecule has 4 N–H and O–H groups in total. The summed E-state index contributed by atoms with van der Waals surface area (Å²) in [5, 5.41) is 33.3. The van der Waals surface area contributed by atoms with E-state index in [1.165, 1.54) is 244 Å². The van der Waals surface area contributed by atoms with E-state index in [-0.39, 0.29) is 6.61 Å². The van der Waals surface area contributed by atoms with Crippen LogP contribution in [0.5, 0.6) is 0 Å². The fourth-order valence-corrected chi connectivity index (χ4v) is 8.48. The predicted molar refractivity (Wildman–Crippen MR) is 255 cm³/mol. The largest absolute Gasteiger partial charge is 0.394 e. The molecule has 0 aromatic carbocycles. The molecule has 0 saturated carbocycles. The van der Waals surface area contributed by atoms with Crippen LogP contribution in [0.3, 0.4) is 0 Å². The highest BCUT2D eigenvalue weighted by Crippen LogP contribution is 2.18. The Bertz CT molecular complexity index is 818. The summed E-state index contributed by atoms with van der Waals surface area (Å²) in [5.74, 6) is -0.496. The first-order valence-electron chi connectivity index (χ1n) is 26.5. The zero-order valence-electron chi connectivity index (χ0n) is 39.5. The zero-order chi connectivity index (χ0) is 42.3. The van der Waals surface area contributed by atoms with Gasteiger partial charge in [0.15, 0.2) is 0 Å². The molecule has 0 saturated heterocycles. The van der Waals surface area contributed by atoms with Crippen molar-refractivity contribution in [1.82, 2.24) is 5.32 Å². The molecule has 0 aromatic rings. The lowest BCUT2D eigenvalue weighted by molar-refractivity contribution is -0.131. The van der Waals surface area contributed by atoms with Crippen molar-refractivity contribution >= 4 is 5.91 Å². The molecule has 0 aliphatic carbocycles. The average Bonchev–Trinajstić information content (AvgIpc) is 3.23. The van der Waals surface area contributed by atoms with E-state index in [0.717, 1.165) is 32.1 Å². The lowest BCUT2D eigenvalue weighted by Crippen LogP contribution is -2.48. The van der Waals surface area contributed by atoms with Crippen molar-refractivity contribution in [1.29, 1.82) is 0 Å². The Balaban J connectivity index is 3.57. The minimum Gasteiger partial charge on any atom is -0.394 e. The summed E-state index contributed by atoms with van der Waals surface area (Å²) in [5.41, 5.74) is 0. The van der Waals surface area contributed by atoms with Gasteiger partial charge in [0.1, 0.15) is 6.10 Å². The number of aliphatic hydroxyl groups is 3. The summed E-state index contributed by atoms with van der Waals surface area (Å²) in [6.45, 7) is 4.22. The average molecular weight is 820 g/mol. The highest BCUT2D eigenvalue weighted by Gasteiger charge is 2.22. The Morgan fingerprint density at radius 1 is 0.414 bits per heavy atom. The fraction of sp³-hybridized carbons (Fsp3) is 0.943. The number of carbonyl (C=O) groups is 1. The number of unbranched alkanes of at least 4 members (excludes halogenated alkanes) is 41. The maximum atomic E-state index is 12.5. The van der Waals surface area contributed by atoms with Crippen LogP contribution in [-0.2, 0) is 4.79 Å². The van der Waals surface area contributed by atoms with E-state index in [4.69, 9.17) is 0 Å². The molecule has 58 heavy (non-hydrogen) atoms. The van der Waals surface area contributed by atoms with E-state index in [9.17, 15) is 20.1 Å². The molecule has 0 aliphatic heterocycles. The van der Waals surface area contributed by atoms with E-state index < -0.39 is 24.2 Å². The molecular formula is C53H105NO4. The van der Waals surface area contributed by atoms with Crippen molar-refractivity contribution in [2.24, 2.45) is 0 Å². The molecule has 1 amide bonds. The lowest BCUT2D eigenvalue weighted by atomic mass is 10.0. The standard InChI is InChI=1S/C53H105NO4/c1-3-5-7-9-11-13-15-17-19-21-23-25-27-29-31-33-35-37-39-41-43-45-47-51(56)50(49-55)54-53(58)52(57)48-46-44-42-40-38-36-34-32-30-28-26-24-22-20-18-16-14-12-10-8-6-4-2/h45,47,50-52,55-57H,3-44,46,48-49H2,1-2H3,(H,54,58)/b47-45+. The summed E-state index contributed by atoms with van der Waals surface area (Å²) >= 11 is 0. The molecule has 0 fully saturated rings. The van der Waals surface area contributed by atoms with Crippen molar-refractivity contribution in [3.8, 4) is 0 Å². The summed E-state index contributed by atoms with van der Waals surface area (Å²) in [7, 11) is 0. The van der Waals surface area contributed by atoms with Gasteiger partial charge in [-0.3, -0.25) is 4.79 Å². The Morgan fingerprint density at radius 2 is 0.672 bits per heavy atom. The molecule has 5 heteroatoms. The molecule has 0 heterocycles. The maximum absolute atomic E-state index is 12.5. The van der Waals surface area contributed by atoms with Crippen LogP contribution in [0.25, 0.3) is 0 Å². The number of nitrogens with one attached hydrogen (secondary N) is 1. The van der Waals surface area contributed by atoms with Gasteiger partial charge in [0.2, 0.25) is 5.91 Å². The van der Waals surface area contributed by atoms with Crippen molar-refractivity contribution in [3.05, 3.63) is 12.2 Å². The SMILES string of the molecule is CCCCCCCCCCCCCCCCCCCCCC/C=C/C(O)C(CO)NC(=O)C(O)CCCCCCCCCCCCCCCCCCCCCCCC. The first kappa shape index (κ1) is 57.1. The van der Waals surface area contributed by atoms with Gasteiger partial charge >= 0.3 is 0 Å². The Kier molecular flexibility index (Phi) is 48.0. The van der Waals surface area contributed by atoms with Crippen LogP contribution < -0.4 is 5.32 Å². The monoisotopic (exact) mass is 820 g/mol. The van der Waals surface area contributed by atoms with Gasteiger partial charge in [-0.2, -0.15) is 0 Å². The van der Waals surface area contributed by atoms with Crippen molar-refractivity contribution in [2.75, 3.05) is 6.61 Å². The second-order valence-electron chi connectivity index (χ2n) is 18.5. The van der Waals surface area contributed by atoms with E-state index in [2.05, 4.69) is 19.2 Å². The van der Waals surface area contributed by atoms with Crippen LogP contribution >= 0.6 is 0 Å². The van der Waals surface area contributed by atoms with Crippen LogP contribution in [-0.4, -0.2) is 46.1 Å². The van der Waals surface area contributed by atoms with Gasteiger partial charge in [0.05, 0.1) is 18.8 Å². The summed E-state index contributed by atoms with van der Waals surface area (Å²) in [4.78, 5) is 12.5. The minimum atomic E-state index is -1.09. The van der Waals surface area contributed by atoms with Crippen molar-refractivity contribution in [2.45, 2.75) is 315 Å². The van der Waals surface area contributed by atoms with E-state index in [0.29, 0.717) is 6.42 Å². The Morgan fingerprint density at radius 3 is 0.948 bits per heavy atom. The predicted octanol–water partition coefficient (Wildman–Crippen LogP) is 15.9. The molecule has 0 bridgehead atoms. The molecule has 5 nitrogen and oxygen atoms in total. The number of carbonyl (C=O) groups excluding carboxylic acids is 1. The highest BCUT2D eigenvalue weighted by atomic mass is 16.3. The number of rotatable bonds is 49. The number of amides is 1.